The summed E-state index contributed by atoms with van der Waals surface area (Å²) in [5.41, 5.74) is 3.37. The third-order valence-electron chi connectivity index (χ3n) is 3.23. The molecule has 1 aromatic rings. The molecule has 4 heteroatoms. The second kappa shape index (κ2) is 10.5. The van der Waals surface area contributed by atoms with Gasteiger partial charge >= 0.3 is 6.03 Å². The van der Waals surface area contributed by atoms with Gasteiger partial charge < -0.3 is 15.4 Å². The number of hydrogen-bond acceptors (Lipinski definition) is 2. The number of carbonyl (C=O) groups is 1. The van der Waals surface area contributed by atoms with Crippen LogP contribution in [0.3, 0.4) is 0 Å². The third kappa shape index (κ3) is 8.71. The molecule has 4 nitrogen and oxygen atoms in total. The number of nitrogens with one attached hydrogen (secondary N) is 2. The Morgan fingerprint density at radius 2 is 1.83 bits per heavy atom. The van der Waals surface area contributed by atoms with Crippen molar-refractivity contribution in [2.45, 2.75) is 40.5 Å². The minimum Gasteiger partial charge on any atom is -0.494 e. The highest BCUT2D eigenvalue weighted by Gasteiger charge is 2.00. The SMILES string of the molecule is CCOc1ccc(NC(=O)NC/C=C(\C)CCC=C(C)C)cc1. The standard InChI is InChI=1S/C19H28N2O2/c1-5-23-18-11-9-17(10-12-18)21-19(22)20-14-13-16(4)8-6-7-15(2)3/h7,9-13H,5-6,8,14H2,1-4H3,(H2,20,21,22)/b16-13+. The number of allylic oxidation sites excluding steroid dienone is 3. The smallest absolute Gasteiger partial charge is 0.319 e. The molecule has 1 rings (SSSR count). The Kier molecular flexibility index (Phi) is 8.58. The summed E-state index contributed by atoms with van der Waals surface area (Å²) in [6.07, 6.45) is 6.34. The lowest BCUT2D eigenvalue weighted by molar-refractivity contribution is 0.253. The number of hydrogen-bond donors (Lipinski definition) is 2. The van der Waals surface area contributed by atoms with Crippen LogP contribution in [0.4, 0.5) is 10.5 Å². The molecular weight excluding hydrogens is 288 g/mol. The largest absolute Gasteiger partial charge is 0.494 e. The van der Waals surface area contributed by atoms with E-state index in [1.165, 1.54) is 11.1 Å². The van der Waals surface area contributed by atoms with Crippen LogP contribution in [-0.2, 0) is 0 Å². The molecule has 0 fully saturated rings. The Balaban J connectivity index is 2.32. The average Bonchev–Trinajstić information content (AvgIpc) is 2.49. The van der Waals surface area contributed by atoms with E-state index in [9.17, 15) is 4.79 Å². The molecule has 0 atom stereocenters. The zero-order chi connectivity index (χ0) is 17.1. The number of anilines is 1. The molecule has 0 aliphatic rings. The van der Waals surface area contributed by atoms with Crippen molar-refractivity contribution in [3.05, 3.63) is 47.6 Å². The maximum atomic E-state index is 11.8. The highest BCUT2D eigenvalue weighted by molar-refractivity contribution is 5.89. The second-order valence-electron chi connectivity index (χ2n) is 5.66. The minimum atomic E-state index is -0.206. The monoisotopic (exact) mass is 316 g/mol. The van der Waals surface area contributed by atoms with Crippen LogP contribution in [0.25, 0.3) is 0 Å². The van der Waals surface area contributed by atoms with Gasteiger partial charge in [-0.2, -0.15) is 0 Å². The maximum absolute atomic E-state index is 11.8. The van der Waals surface area contributed by atoms with E-state index in [1.807, 2.05) is 31.2 Å². The summed E-state index contributed by atoms with van der Waals surface area (Å²) in [5.74, 6) is 0.799. The molecule has 0 aromatic heterocycles. The number of rotatable bonds is 8. The first-order valence-electron chi connectivity index (χ1n) is 8.08. The lowest BCUT2D eigenvalue weighted by Crippen LogP contribution is -2.28. The van der Waals surface area contributed by atoms with E-state index in [1.54, 1.807) is 0 Å². The molecule has 0 bridgehead atoms. The molecule has 2 amide bonds. The molecule has 0 saturated heterocycles. The van der Waals surface area contributed by atoms with Crippen LogP contribution < -0.4 is 15.4 Å². The van der Waals surface area contributed by atoms with Gasteiger partial charge in [0.05, 0.1) is 6.61 Å². The fourth-order valence-corrected chi connectivity index (χ4v) is 1.98. The summed E-state index contributed by atoms with van der Waals surface area (Å²) in [6.45, 7) is 9.40. The lowest BCUT2D eigenvalue weighted by Gasteiger charge is -2.08. The summed E-state index contributed by atoms with van der Waals surface area (Å²) in [4.78, 5) is 11.8. The van der Waals surface area contributed by atoms with Gasteiger partial charge in [-0.25, -0.2) is 4.79 Å². The first-order valence-corrected chi connectivity index (χ1v) is 8.08. The van der Waals surface area contributed by atoms with Gasteiger partial charge in [-0.05, 0) is 64.8 Å². The first kappa shape index (κ1) is 18.8. The van der Waals surface area contributed by atoms with Crippen LogP contribution in [0.5, 0.6) is 5.75 Å². The van der Waals surface area contributed by atoms with E-state index >= 15 is 0 Å². The zero-order valence-electron chi connectivity index (χ0n) is 14.6. The summed E-state index contributed by atoms with van der Waals surface area (Å²) >= 11 is 0. The lowest BCUT2D eigenvalue weighted by atomic mass is 10.1. The summed E-state index contributed by atoms with van der Waals surface area (Å²) < 4.78 is 5.36. The Labute approximate surface area is 139 Å². The van der Waals surface area contributed by atoms with Crippen molar-refractivity contribution < 1.29 is 9.53 Å². The van der Waals surface area contributed by atoms with Gasteiger partial charge in [0.1, 0.15) is 5.75 Å². The Morgan fingerprint density at radius 1 is 1.13 bits per heavy atom. The number of carbonyl (C=O) groups excluding carboxylic acids is 1. The molecule has 0 radical (unpaired) electrons. The van der Waals surface area contributed by atoms with Crippen molar-refractivity contribution in [1.82, 2.24) is 5.32 Å². The van der Waals surface area contributed by atoms with Crippen molar-refractivity contribution in [3.8, 4) is 5.75 Å². The van der Waals surface area contributed by atoms with Crippen LogP contribution in [0, 0.1) is 0 Å². The van der Waals surface area contributed by atoms with Crippen molar-refractivity contribution in [2.75, 3.05) is 18.5 Å². The van der Waals surface area contributed by atoms with E-state index in [4.69, 9.17) is 4.74 Å². The maximum Gasteiger partial charge on any atom is 0.319 e. The molecule has 126 valence electrons. The van der Waals surface area contributed by atoms with E-state index < -0.39 is 0 Å². The molecule has 2 N–H and O–H groups in total. The van der Waals surface area contributed by atoms with Gasteiger partial charge in [0.2, 0.25) is 0 Å². The highest BCUT2D eigenvalue weighted by atomic mass is 16.5. The third-order valence-corrected chi connectivity index (χ3v) is 3.23. The van der Waals surface area contributed by atoms with Gasteiger partial charge in [0.25, 0.3) is 0 Å². The molecule has 1 aromatic carbocycles. The summed E-state index contributed by atoms with van der Waals surface area (Å²) in [7, 11) is 0. The Bertz CT molecular complexity index is 541. The van der Waals surface area contributed by atoms with E-state index in [2.05, 4.69) is 43.6 Å². The number of benzene rings is 1. The molecule has 0 unspecified atom stereocenters. The highest BCUT2D eigenvalue weighted by Crippen LogP contribution is 2.15. The van der Waals surface area contributed by atoms with Gasteiger partial charge in [-0.3, -0.25) is 0 Å². The molecular formula is C19H28N2O2. The summed E-state index contributed by atoms with van der Waals surface area (Å²) in [5, 5.41) is 5.63. The zero-order valence-corrected chi connectivity index (χ0v) is 14.6. The molecule has 0 saturated carbocycles. The molecule has 0 aliphatic heterocycles. The predicted octanol–water partition coefficient (Wildman–Crippen LogP) is 4.90. The quantitative estimate of drug-likeness (QED) is 0.670. The van der Waals surface area contributed by atoms with Gasteiger partial charge in [-0.15, -0.1) is 0 Å². The minimum absolute atomic E-state index is 0.206. The van der Waals surface area contributed by atoms with E-state index in [0.29, 0.717) is 13.2 Å². The van der Waals surface area contributed by atoms with Gasteiger partial charge in [-0.1, -0.05) is 23.3 Å². The van der Waals surface area contributed by atoms with Crippen LogP contribution >= 0.6 is 0 Å². The fraction of sp³-hybridized carbons (Fsp3) is 0.421. The molecule has 0 heterocycles. The average molecular weight is 316 g/mol. The van der Waals surface area contributed by atoms with Crippen molar-refractivity contribution >= 4 is 11.7 Å². The van der Waals surface area contributed by atoms with Gasteiger partial charge in [0.15, 0.2) is 0 Å². The topological polar surface area (TPSA) is 50.4 Å². The molecule has 0 spiro atoms. The van der Waals surface area contributed by atoms with Crippen molar-refractivity contribution in [2.24, 2.45) is 0 Å². The predicted molar refractivity (Wildman–Crippen MR) is 97.1 cm³/mol. The van der Waals surface area contributed by atoms with Crippen LogP contribution in [0.1, 0.15) is 40.5 Å². The Morgan fingerprint density at radius 3 is 2.43 bits per heavy atom. The van der Waals surface area contributed by atoms with Crippen LogP contribution in [0.15, 0.2) is 47.6 Å². The van der Waals surface area contributed by atoms with E-state index in [0.717, 1.165) is 24.3 Å². The van der Waals surface area contributed by atoms with Crippen molar-refractivity contribution in [1.29, 1.82) is 0 Å². The molecule has 23 heavy (non-hydrogen) atoms. The fourth-order valence-electron chi connectivity index (χ4n) is 1.98. The van der Waals surface area contributed by atoms with Gasteiger partial charge in [0, 0.05) is 12.2 Å². The number of ether oxygens (including phenoxy) is 1. The Hall–Kier alpha value is -2.23. The number of amides is 2. The van der Waals surface area contributed by atoms with E-state index in [-0.39, 0.29) is 6.03 Å². The first-order chi connectivity index (χ1) is 11.0. The summed E-state index contributed by atoms with van der Waals surface area (Å²) in [6, 6.07) is 7.12. The second-order valence-corrected chi connectivity index (χ2v) is 5.66. The van der Waals surface area contributed by atoms with Crippen molar-refractivity contribution in [3.63, 3.8) is 0 Å². The van der Waals surface area contributed by atoms with Crippen LogP contribution in [-0.4, -0.2) is 19.2 Å². The normalized spacial score (nSPS) is 10.9. The number of urea groups is 1. The van der Waals surface area contributed by atoms with Crippen LogP contribution in [0.2, 0.25) is 0 Å². The molecule has 0 aliphatic carbocycles.